The fourth-order valence-corrected chi connectivity index (χ4v) is 1.34. The monoisotopic (exact) mass is 217 g/mol. The van der Waals surface area contributed by atoms with Crippen molar-refractivity contribution in [1.82, 2.24) is 0 Å². The van der Waals surface area contributed by atoms with Crippen LogP contribution in [0.25, 0.3) is 0 Å². The summed E-state index contributed by atoms with van der Waals surface area (Å²) in [5.41, 5.74) is -0.828. The van der Waals surface area contributed by atoms with E-state index in [1.807, 2.05) is 0 Å². The maximum Gasteiger partial charge on any atom is 0.273 e. The Balaban J connectivity index is 3.49. The number of nitro groups is 1. The average Bonchev–Trinajstić information content (AvgIpc) is 2.02. The van der Waals surface area contributed by atoms with E-state index in [0.717, 1.165) is 12.1 Å². The highest BCUT2D eigenvalue weighted by Crippen LogP contribution is 2.24. The first kappa shape index (κ1) is 10.6. The van der Waals surface area contributed by atoms with E-state index in [0.29, 0.717) is 0 Å². The highest BCUT2D eigenvalue weighted by molar-refractivity contribution is 6.68. The van der Waals surface area contributed by atoms with Gasteiger partial charge in [0.1, 0.15) is 5.82 Å². The highest BCUT2D eigenvalue weighted by atomic mass is 35.5. The second-order valence-electron chi connectivity index (χ2n) is 2.60. The molecule has 4 nitrogen and oxygen atoms in total. The summed E-state index contributed by atoms with van der Waals surface area (Å²) in [5.74, 6) is -0.854. The molecule has 1 rings (SSSR count). The van der Waals surface area contributed by atoms with Crippen LogP contribution in [0.3, 0.4) is 0 Å². The molecule has 1 aromatic carbocycles. The van der Waals surface area contributed by atoms with Crippen LogP contribution in [0, 0.1) is 22.9 Å². The summed E-state index contributed by atoms with van der Waals surface area (Å²) >= 11 is 5.09. The number of rotatable bonds is 2. The molecular weight excluding hydrogens is 213 g/mol. The first-order valence-electron chi connectivity index (χ1n) is 3.58. The van der Waals surface area contributed by atoms with Gasteiger partial charge in [0.25, 0.3) is 10.9 Å². The molecule has 0 radical (unpaired) electrons. The van der Waals surface area contributed by atoms with Gasteiger partial charge in [0.15, 0.2) is 0 Å². The van der Waals surface area contributed by atoms with Gasteiger partial charge in [0.2, 0.25) is 0 Å². The van der Waals surface area contributed by atoms with E-state index in [1.54, 1.807) is 0 Å². The quantitative estimate of drug-likeness (QED) is 0.434. The van der Waals surface area contributed by atoms with E-state index in [9.17, 15) is 19.3 Å². The van der Waals surface area contributed by atoms with E-state index >= 15 is 0 Å². The van der Waals surface area contributed by atoms with Crippen LogP contribution >= 0.6 is 11.6 Å². The predicted octanol–water partition coefficient (Wildman–Crippen LogP) is 2.42. The van der Waals surface area contributed by atoms with Crippen molar-refractivity contribution in [3.63, 3.8) is 0 Å². The fourth-order valence-electron chi connectivity index (χ4n) is 1.11. The standard InChI is InChI=1S/C8H5ClFNO3/c1-4-6(11(13)14)3-2-5(10)7(4)8(9)12/h2-3H,1H3. The Bertz CT molecular complexity index is 419. The predicted molar refractivity (Wildman–Crippen MR) is 48.0 cm³/mol. The van der Waals surface area contributed by atoms with Gasteiger partial charge in [-0.15, -0.1) is 0 Å². The average molecular weight is 218 g/mol. The summed E-state index contributed by atoms with van der Waals surface area (Å²) in [5, 5.41) is 9.40. The molecular formula is C8H5ClFNO3. The van der Waals surface area contributed by atoms with Gasteiger partial charge in [-0.05, 0) is 24.6 Å². The molecule has 14 heavy (non-hydrogen) atoms. The van der Waals surface area contributed by atoms with Gasteiger partial charge < -0.3 is 0 Å². The Morgan fingerprint density at radius 1 is 1.57 bits per heavy atom. The number of halogens is 2. The summed E-state index contributed by atoms with van der Waals surface area (Å²) < 4.78 is 13.0. The van der Waals surface area contributed by atoms with Crippen LogP contribution in [0.4, 0.5) is 10.1 Å². The zero-order valence-electron chi connectivity index (χ0n) is 7.08. The summed E-state index contributed by atoms with van der Waals surface area (Å²) in [6.07, 6.45) is 0. The molecule has 0 unspecified atom stereocenters. The Morgan fingerprint density at radius 2 is 2.14 bits per heavy atom. The number of hydrogen-bond acceptors (Lipinski definition) is 3. The van der Waals surface area contributed by atoms with E-state index in [-0.39, 0.29) is 11.3 Å². The van der Waals surface area contributed by atoms with Crippen LogP contribution in [0.15, 0.2) is 12.1 Å². The van der Waals surface area contributed by atoms with Crippen LogP contribution in [0.5, 0.6) is 0 Å². The van der Waals surface area contributed by atoms with Gasteiger partial charge in [-0.3, -0.25) is 14.9 Å². The van der Waals surface area contributed by atoms with Crippen molar-refractivity contribution in [3.05, 3.63) is 39.2 Å². The van der Waals surface area contributed by atoms with Crippen LogP contribution in [0.2, 0.25) is 0 Å². The maximum absolute atomic E-state index is 13.0. The van der Waals surface area contributed by atoms with E-state index in [4.69, 9.17) is 11.6 Å². The SMILES string of the molecule is Cc1c([N+](=O)[O-])ccc(F)c1C(=O)Cl. The zero-order valence-corrected chi connectivity index (χ0v) is 7.84. The van der Waals surface area contributed by atoms with Gasteiger partial charge in [0.05, 0.1) is 10.5 Å². The molecule has 0 aromatic heterocycles. The van der Waals surface area contributed by atoms with Crippen LogP contribution < -0.4 is 0 Å². The van der Waals surface area contributed by atoms with Crippen molar-refractivity contribution < 1.29 is 14.1 Å². The van der Waals surface area contributed by atoms with Gasteiger partial charge in [-0.1, -0.05) is 0 Å². The minimum Gasteiger partial charge on any atom is -0.275 e. The first-order valence-corrected chi connectivity index (χ1v) is 3.96. The van der Waals surface area contributed by atoms with Crippen LogP contribution in [-0.4, -0.2) is 10.2 Å². The first-order chi connectivity index (χ1) is 6.45. The number of nitro benzene ring substituents is 1. The molecule has 0 heterocycles. The molecule has 0 saturated heterocycles. The topological polar surface area (TPSA) is 60.2 Å². The Kier molecular flexibility index (Phi) is 2.81. The maximum atomic E-state index is 13.0. The molecule has 0 saturated carbocycles. The Hall–Kier alpha value is -1.49. The lowest BCUT2D eigenvalue weighted by Crippen LogP contribution is -2.02. The fraction of sp³-hybridized carbons (Fsp3) is 0.125. The minimum atomic E-state index is -1.04. The number of carbonyl (C=O) groups is 1. The Labute approximate surface area is 83.4 Å². The molecule has 0 fully saturated rings. The van der Waals surface area contributed by atoms with Gasteiger partial charge >= 0.3 is 0 Å². The third-order valence-corrected chi connectivity index (χ3v) is 1.97. The molecule has 0 N–H and O–H groups in total. The molecule has 6 heteroatoms. The highest BCUT2D eigenvalue weighted by Gasteiger charge is 2.21. The summed E-state index contributed by atoms with van der Waals surface area (Å²) in [6.45, 7) is 1.27. The largest absolute Gasteiger partial charge is 0.275 e. The van der Waals surface area contributed by atoms with Crippen molar-refractivity contribution in [2.45, 2.75) is 6.92 Å². The minimum absolute atomic E-state index is 0.0602. The normalized spacial score (nSPS) is 9.93. The van der Waals surface area contributed by atoms with Crippen LogP contribution in [-0.2, 0) is 0 Å². The van der Waals surface area contributed by atoms with E-state index in [2.05, 4.69) is 0 Å². The third-order valence-electron chi connectivity index (χ3n) is 1.78. The third kappa shape index (κ3) is 1.72. The van der Waals surface area contributed by atoms with Crippen LogP contribution in [0.1, 0.15) is 15.9 Å². The summed E-state index contributed by atoms with van der Waals surface area (Å²) in [6, 6.07) is 1.84. The van der Waals surface area contributed by atoms with Crippen molar-refractivity contribution >= 4 is 22.5 Å². The van der Waals surface area contributed by atoms with Crippen molar-refractivity contribution in [1.29, 1.82) is 0 Å². The molecule has 1 aromatic rings. The molecule has 74 valence electrons. The summed E-state index contributed by atoms with van der Waals surface area (Å²) in [7, 11) is 0. The molecule has 0 atom stereocenters. The Morgan fingerprint density at radius 3 is 2.57 bits per heavy atom. The number of hydrogen-bond donors (Lipinski definition) is 0. The lowest BCUT2D eigenvalue weighted by molar-refractivity contribution is -0.385. The van der Waals surface area contributed by atoms with E-state index in [1.165, 1.54) is 6.92 Å². The van der Waals surface area contributed by atoms with Crippen molar-refractivity contribution in [3.8, 4) is 0 Å². The van der Waals surface area contributed by atoms with Gasteiger partial charge in [-0.25, -0.2) is 4.39 Å². The number of benzene rings is 1. The molecule has 0 aliphatic rings. The lowest BCUT2D eigenvalue weighted by atomic mass is 10.1. The molecule has 0 spiro atoms. The summed E-state index contributed by atoms with van der Waals surface area (Å²) in [4.78, 5) is 20.5. The van der Waals surface area contributed by atoms with Crippen molar-refractivity contribution in [2.24, 2.45) is 0 Å². The van der Waals surface area contributed by atoms with Gasteiger partial charge in [-0.2, -0.15) is 0 Å². The van der Waals surface area contributed by atoms with Crippen molar-refractivity contribution in [2.75, 3.05) is 0 Å². The molecule has 0 bridgehead atoms. The van der Waals surface area contributed by atoms with Gasteiger partial charge in [0, 0.05) is 11.6 Å². The lowest BCUT2D eigenvalue weighted by Gasteiger charge is -2.02. The number of carbonyl (C=O) groups excluding carboxylic acids is 1. The smallest absolute Gasteiger partial charge is 0.273 e. The second kappa shape index (κ2) is 3.71. The molecule has 0 aliphatic heterocycles. The molecule has 0 aliphatic carbocycles. The second-order valence-corrected chi connectivity index (χ2v) is 2.94. The van der Waals surface area contributed by atoms with E-state index < -0.39 is 21.5 Å². The number of nitrogens with zero attached hydrogens (tertiary/aromatic N) is 1. The zero-order chi connectivity index (χ0) is 10.9. The molecule has 0 amide bonds.